The minimum absolute atomic E-state index is 0.219. The molecule has 18 heavy (non-hydrogen) atoms. The van der Waals surface area contributed by atoms with Gasteiger partial charge in [0, 0.05) is 49.3 Å². The van der Waals surface area contributed by atoms with E-state index in [9.17, 15) is 0 Å². The second-order valence-electron chi connectivity index (χ2n) is 6.29. The molecule has 1 aliphatic heterocycles. The van der Waals surface area contributed by atoms with Crippen molar-refractivity contribution in [1.82, 2.24) is 9.80 Å². The van der Waals surface area contributed by atoms with Crippen LogP contribution in [0.15, 0.2) is 0 Å². The zero-order valence-corrected chi connectivity index (χ0v) is 12.9. The van der Waals surface area contributed by atoms with Crippen molar-refractivity contribution in [3.05, 3.63) is 0 Å². The number of nitrogens with zero attached hydrogens (tertiary/aromatic N) is 2. The lowest BCUT2D eigenvalue weighted by Crippen LogP contribution is -2.64. The van der Waals surface area contributed by atoms with Crippen molar-refractivity contribution < 1.29 is 0 Å². The van der Waals surface area contributed by atoms with E-state index < -0.39 is 0 Å². The van der Waals surface area contributed by atoms with Crippen LogP contribution in [0.3, 0.4) is 0 Å². The van der Waals surface area contributed by atoms with Crippen LogP contribution in [0.1, 0.15) is 41.5 Å². The first-order chi connectivity index (χ1) is 8.25. The van der Waals surface area contributed by atoms with Gasteiger partial charge in [0.15, 0.2) is 0 Å². The molecule has 6 atom stereocenters. The standard InChI is InChI=1S/C14H32N4/c1-9-7-18(14(6)12(4)16)10(2)8-17(9)13(5)11(3)15/h9-14H,7-8,15-16H2,1-6H3. The van der Waals surface area contributed by atoms with Crippen molar-refractivity contribution >= 4 is 0 Å². The summed E-state index contributed by atoms with van der Waals surface area (Å²) in [6, 6.07) is 2.41. The van der Waals surface area contributed by atoms with Gasteiger partial charge in [0.25, 0.3) is 0 Å². The van der Waals surface area contributed by atoms with Gasteiger partial charge in [0.1, 0.15) is 0 Å². The van der Waals surface area contributed by atoms with Crippen LogP contribution in [-0.2, 0) is 0 Å². The van der Waals surface area contributed by atoms with Gasteiger partial charge in [-0.1, -0.05) is 0 Å². The van der Waals surface area contributed by atoms with Crippen molar-refractivity contribution in [1.29, 1.82) is 0 Å². The molecule has 1 aliphatic rings. The van der Waals surface area contributed by atoms with Crippen molar-refractivity contribution in [2.24, 2.45) is 11.5 Å². The fraction of sp³-hybridized carbons (Fsp3) is 1.00. The average molecular weight is 256 g/mol. The second-order valence-corrected chi connectivity index (χ2v) is 6.29. The molecule has 1 rings (SSSR count). The maximum Gasteiger partial charge on any atom is 0.0220 e. The van der Waals surface area contributed by atoms with Crippen molar-refractivity contribution in [2.45, 2.75) is 77.8 Å². The lowest BCUT2D eigenvalue weighted by molar-refractivity contribution is -0.00838. The highest BCUT2D eigenvalue weighted by Crippen LogP contribution is 2.21. The van der Waals surface area contributed by atoms with Crippen LogP contribution in [0.2, 0.25) is 0 Å². The highest BCUT2D eigenvalue weighted by Gasteiger charge is 2.35. The monoisotopic (exact) mass is 256 g/mol. The molecule has 0 aromatic rings. The largest absolute Gasteiger partial charge is 0.327 e. The Bertz CT molecular complexity index is 228. The van der Waals surface area contributed by atoms with E-state index in [4.69, 9.17) is 11.5 Å². The zero-order chi connectivity index (χ0) is 14.0. The van der Waals surface area contributed by atoms with Gasteiger partial charge in [-0.2, -0.15) is 0 Å². The fourth-order valence-electron chi connectivity index (χ4n) is 2.92. The zero-order valence-electron chi connectivity index (χ0n) is 12.9. The van der Waals surface area contributed by atoms with Gasteiger partial charge < -0.3 is 11.5 Å². The summed E-state index contributed by atoms with van der Waals surface area (Å²) in [4.78, 5) is 5.08. The third-order valence-electron chi connectivity index (χ3n) is 4.65. The van der Waals surface area contributed by atoms with E-state index in [1.54, 1.807) is 0 Å². The summed E-state index contributed by atoms with van der Waals surface area (Å²) in [5.41, 5.74) is 12.1. The summed E-state index contributed by atoms with van der Waals surface area (Å²) in [6.45, 7) is 15.4. The Kier molecular flexibility index (Phi) is 5.59. The summed E-state index contributed by atoms with van der Waals surface area (Å²) >= 11 is 0. The van der Waals surface area contributed by atoms with Crippen LogP contribution in [-0.4, -0.2) is 59.1 Å². The molecule has 0 aliphatic carbocycles. The molecule has 0 radical (unpaired) electrons. The average Bonchev–Trinajstić information content (AvgIpc) is 2.29. The van der Waals surface area contributed by atoms with Gasteiger partial charge in [-0.25, -0.2) is 0 Å². The Labute approximate surface area is 113 Å². The summed E-state index contributed by atoms with van der Waals surface area (Å²) in [7, 11) is 0. The van der Waals surface area contributed by atoms with Crippen LogP contribution in [0.4, 0.5) is 0 Å². The highest BCUT2D eigenvalue weighted by molar-refractivity contribution is 4.92. The molecule has 108 valence electrons. The lowest BCUT2D eigenvalue weighted by atomic mass is 9.99. The maximum atomic E-state index is 6.04. The number of hydrogen-bond donors (Lipinski definition) is 2. The van der Waals surface area contributed by atoms with Crippen LogP contribution < -0.4 is 11.5 Å². The second kappa shape index (κ2) is 6.33. The number of nitrogens with two attached hydrogens (primary N) is 2. The first-order valence-corrected chi connectivity index (χ1v) is 7.28. The molecule has 1 saturated heterocycles. The molecule has 0 amide bonds. The molecule has 4 heteroatoms. The molecule has 4 nitrogen and oxygen atoms in total. The Morgan fingerprint density at radius 3 is 1.28 bits per heavy atom. The number of rotatable bonds is 4. The number of piperazine rings is 1. The molecule has 0 saturated carbocycles. The summed E-state index contributed by atoms with van der Waals surface area (Å²) in [5, 5.41) is 0. The van der Waals surface area contributed by atoms with Gasteiger partial charge in [0.2, 0.25) is 0 Å². The van der Waals surface area contributed by atoms with E-state index in [-0.39, 0.29) is 12.1 Å². The van der Waals surface area contributed by atoms with Crippen LogP contribution in [0.5, 0.6) is 0 Å². The van der Waals surface area contributed by atoms with Crippen molar-refractivity contribution in [3.63, 3.8) is 0 Å². The summed E-state index contributed by atoms with van der Waals surface area (Å²) < 4.78 is 0. The topological polar surface area (TPSA) is 58.5 Å². The highest BCUT2D eigenvalue weighted by atomic mass is 15.3. The van der Waals surface area contributed by atoms with Gasteiger partial charge in [-0.15, -0.1) is 0 Å². The Hall–Kier alpha value is -0.160. The molecule has 4 N–H and O–H groups in total. The van der Waals surface area contributed by atoms with E-state index in [0.717, 1.165) is 13.1 Å². The SMILES string of the molecule is CC(N)C(C)N1CC(C)N(C(C)C(C)N)CC1C. The third-order valence-corrected chi connectivity index (χ3v) is 4.65. The van der Waals surface area contributed by atoms with Gasteiger partial charge in [0.05, 0.1) is 0 Å². The minimum Gasteiger partial charge on any atom is -0.327 e. The molecule has 6 unspecified atom stereocenters. The fourth-order valence-corrected chi connectivity index (χ4v) is 2.92. The molecule has 0 spiro atoms. The molecular formula is C14H32N4. The van der Waals surface area contributed by atoms with E-state index in [2.05, 4.69) is 51.3 Å². The van der Waals surface area contributed by atoms with Crippen molar-refractivity contribution in [3.8, 4) is 0 Å². The first kappa shape index (κ1) is 15.9. The first-order valence-electron chi connectivity index (χ1n) is 7.28. The Morgan fingerprint density at radius 2 is 1.06 bits per heavy atom. The lowest BCUT2D eigenvalue weighted by Gasteiger charge is -2.50. The van der Waals surface area contributed by atoms with Gasteiger partial charge in [-0.05, 0) is 41.5 Å². The Morgan fingerprint density at radius 1 is 0.778 bits per heavy atom. The maximum absolute atomic E-state index is 6.04. The van der Waals surface area contributed by atoms with Gasteiger partial charge >= 0.3 is 0 Å². The van der Waals surface area contributed by atoms with E-state index >= 15 is 0 Å². The van der Waals surface area contributed by atoms with E-state index in [0.29, 0.717) is 24.2 Å². The van der Waals surface area contributed by atoms with Crippen LogP contribution >= 0.6 is 0 Å². The Balaban J connectivity index is 2.70. The number of hydrogen-bond acceptors (Lipinski definition) is 4. The molecule has 1 fully saturated rings. The third kappa shape index (κ3) is 3.44. The van der Waals surface area contributed by atoms with Crippen molar-refractivity contribution in [2.75, 3.05) is 13.1 Å². The van der Waals surface area contributed by atoms with Crippen LogP contribution in [0.25, 0.3) is 0 Å². The van der Waals surface area contributed by atoms with Crippen LogP contribution in [0, 0.1) is 0 Å². The normalized spacial score (nSPS) is 34.0. The molecule has 1 heterocycles. The summed E-state index contributed by atoms with van der Waals surface area (Å²) in [5.74, 6) is 0. The molecule has 0 aromatic carbocycles. The molecule has 0 bridgehead atoms. The molecule has 0 aromatic heterocycles. The predicted molar refractivity (Wildman–Crippen MR) is 78.6 cm³/mol. The minimum atomic E-state index is 0.219. The van der Waals surface area contributed by atoms with E-state index in [1.165, 1.54) is 0 Å². The van der Waals surface area contributed by atoms with E-state index in [1.807, 2.05) is 0 Å². The van der Waals surface area contributed by atoms with Gasteiger partial charge in [-0.3, -0.25) is 9.80 Å². The molecular weight excluding hydrogens is 224 g/mol. The predicted octanol–water partition coefficient (Wildman–Crippen LogP) is 0.852. The summed E-state index contributed by atoms with van der Waals surface area (Å²) in [6.07, 6.45) is 0. The quantitative estimate of drug-likeness (QED) is 0.783. The smallest absolute Gasteiger partial charge is 0.0220 e.